The van der Waals surface area contributed by atoms with Crippen LogP contribution in [0.2, 0.25) is 0 Å². The molecule has 0 aliphatic heterocycles. The minimum atomic E-state index is 0.172. The molecule has 1 aromatic heterocycles. The van der Waals surface area contributed by atoms with E-state index in [4.69, 9.17) is 9.47 Å². The van der Waals surface area contributed by atoms with Gasteiger partial charge in [0.1, 0.15) is 4.60 Å². The van der Waals surface area contributed by atoms with E-state index in [2.05, 4.69) is 33.2 Å². The Morgan fingerprint density at radius 1 is 1.19 bits per heavy atom. The highest BCUT2D eigenvalue weighted by molar-refractivity contribution is 9.10. The van der Waals surface area contributed by atoms with Gasteiger partial charge in [-0.1, -0.05) is 13.0 Å². The zero-order chi connectivity index (χ0) is 15.2. The number of ether oxygens (including phenoxy) is 2. The van der Waals surface area contributed by atoms with Crippen molar-refractivity contribution in [3.8, 4) is 11.5 Å². The Balaban J connectivity index is 2.27. The van der Waals surface area contributed by atoms with Gasteiger partial charge < -0.3 is 14.8 Å². The maximum Gasteiger partial charge on any atom is 0.161 e. The molecule has 1 N–H and O–H groups in total. The van der Waals surface area contributed by atoms with Crippen molar-refractivity contribution in [2.45, 2.75) is 19.4 Å². The van der Waals surface area contributed by atoms with E-state index in [9.17, 15) is 0 Å². The standard InChI is InChI=1S/C16H19BrN2O2/c1-4-12(19-13-6-5-9-18-16(13)17)11-7-8-14(20-2)15(10-11)21-3/h5-10,12,19H,4H2,1-3H3. The second-order valence-electron chi connectivity index (χ2n) is 4.56. The number of methoxy groups -OCH3 is 2. The molecule has 4 nitrogen and oxygen atoms in total. The SMILES string of the molecule is CCC(Nc1cccnc1Br)c1ccc(OC)c(OC)c1. The van der Waals surface area contributed by atoms with Crippen LogP contribution in [0.25, 0.3) is 0 Å². The van der Waals surface area contributed by atoms with Crippen LogP contribution >= 0.6 is 15.9 Å². The summed E-state index contributed by atoms with van der Waals surface area (Å²) in [5.74, 6) is 1.47. The molecule has 0 spiro atoms. The number of pyridine rings is 1. The fraction of sp³-hybridized carbons (Fsp3) is 0.312. The van der Waals surface area contributed by atoms with Crippen molar-refractivity contribution in [3.05, 3.63) is 46.7 Å². The Morgan fingerprint density at radius 3 is 2.57 bits per heavy atom. The van der Waals surface area contributed by atoms with Crippen molar-refractivity contribution in [2.75, 3.05) is 19.5 Å². The van der Waals surface area contributed by atoms with Crippen LogP contribution < -0.4 is 14.8 Å². The molecule has 5 heteroatoms. The first-order valence-electron chi connectivity index (χ1n) is 6.78. The van der Waals surface area contributed by atoms with Crippen molar-refractivity contribution >= 4 is 21.6 Å². The number of nitrogens with one attached hydrogen (secondary N) is 1. The number of anilines is 1. The number of nitrogens with zero attached hydrogens (tertiary/aromatic N) is 1. The molecule has 0 aliphatic rings. The molecule has 1 aromatic carbocycles. The van der Waals surface area contributed by atoms with Gasteiger partial charge in [0.25, 0.3) is 0 Å². The highest BCUT2D eigenvalue weighted by Gasteiger charge is 2.14. The molecule has 0 saturated heterocycles. The molecule has 112 valence electrons. The lowest BCUT2D eigenvalue weighted by Crippen LogP contribution is -2.10. The lowest BCUT2D eigenvalue weighted by atomic mass is 10.0. The molecule has 0 saturated carbocycles. The van der Waals surface area contributed by atoms with Crippen LogP contribution in [-0.2, 0) is 0 Å². The zero-order valence-electron chi connectivity index (χ0n) is 12.4. The van der Waals surface area contributed by atoms with Gasteiger partial charge in [0.15, 0.2) is 11.5 Å². The van der Waals surface area contributed by atoms with E-state index < -0.39 is 0 Å². The molecule has 0 amide bonds. The Morgan fingerprint density at radius 2 is 1.95 bits per heavy atom. The molecule has 1 unspecified atom stereocenters. The second kappa shape index (κ2) is 7.31. The smallest absolute Gasteiger partial charge is 0.161 e. The van der Waals surface area contributed by atoms with Crippen molar-refractivity contribution in [2.24, 2.45) is 0 Å². The summed E-state index contributed by atoms with van der Waals surface area (Å²) in [6.07, 6.45) is 2.70. The summed E-state index contributed by atoms with van der Waals surface area (Å²) in [7, 11) is 3.29. The van der Waals surface area contributed by atoms with Gasteiger partial charge in [0.2, 0.25) is 0 Å². The Hall–Kier alpha value is -1.75. The molecule has 1 heterocycles. The van der Waals surface area contributed by atoms with E-state index in [0.717, 1.165) is 33.8 Å². The van der Waals surface area contributed by atoms with E-state index in [1.54, 1.807) is 20.4 Å². The van der Waals surface area contributed by atoms with Crippen LogP contribution in [0.1, 0.15) is 24.9 Å². The number of hydrogen-bond donors (Lipinski definition) is 1. The van der Waals surface area contributed by atoms with Gasteiger partial charge in [-0.05, 0) is 52.2 Å². The molecule has 0 bridgehead atoms. The molecular formula is C16H19BrN2O2. The first kappa shape index (κ1) is 15.6. The summed E-state index contributed by atoms with van der Waals surface area (Å²) in [5.41, 5.74) is 2.12. The number of rotatable bonds is 6. The lowest BCUT2D eigenvalue weighted by Gasteiger charge is -2.20. The quantitative estimate of drug-likeness (QED) is 0.783. The van der Waals surface area contributed by atoms with Crippen molar-refractivity contribution < 1.29 is 9.47 Å². The van der Waals surface area contributed by atoms with E-state index in [1.807, 2.05) is 30.3 Å². The van der Waals surface area contributed by atoms with Gasteiger partial charge in [-0.25, -0.2) is 4.98 Å². The maximum atomic E-state index is 5.37. The largest absolute Gasteiger partial charge is 0.493 e. The summed E-state index contributed by atoms with van der Waals surface area (Å²) >= 11 is 3.46. The topological polar surface area (TPSA) is 43.4 Å². The monoisotopic (exact) mass is 350 g/mol. The molecule has 0 radical (unpaired) electrons. The van der Waals surface area contributed by atoms with E-state index in [1.165, 1.54) is 0 Å². The highest BCUT2D eigenvalue weighted by Crippen LogP contribution is 2.33. The molecule has 1 atom stereocenters. The number of hydrogen-bond acceptors (Lipinski definition) is 4. The van der Waals surface area contributed by atoms with Crippen LogP contribution in [0.4, 0.5) is 5.69 Å². The average molecular weight is 351 g/mol. The van der Waals surface area contributed by atoms with Crippen molar-refractivity contribution in [1.29, 1.82) is 0 Å². The molecule has 0 fully saturated rings. The van der Waals surface area contributed by atoms with E-state index in [-0.39, 0.29) is 6.04 Å². The predicted molar refractivity (Wildman–Crippen MR) is 88.1 cm³/mol. The Bertz CT molecular complexity index is 605. The number of halogens is 1. The molecule has 21 heavy (non-hydrogen) atoms. The first-order valence-corrected chi connectivity index (χ1v) is 7.57. The highest BCUT2D eigenvalue weighted by atomic mass is 79.9. The van der Waals surface area contributed by atoms with Crippen molar-refractivity contribution in [3.63, 3.8) is 0 Å². The zero-order valence-corrected chi connectivity index (χ0v) is 14.0. The summed E-state index contributed by atoms with van der Waals surface area (Å²) < 4.78 is 11.5. The molecule has 0 aliphatic carbocycles. The molecule has 2 aromatic rings. The lowest BCUT2D eigenvalue weighted by molar-refractivity contribution is 0.354. The minimum Gasteiger partial charge on any atom is -0.493 e. The van der Waals surface area contributed by atoms with Crippen LogP contribution in [0.5, 0.6) is 11.5 Å². The summed E-state index contributed by atoms with van der Waals surface area (Å²) in [5, 5.41) is 3.50. The van der Waals surface area contributed by atoms with Crippen molar-refractivity contribution in [1.82, 2.24) is 4.98 Å². The van der Waals surface area contributed by atoms with Crippen LogP contribution in [0.15, 0.2) is 41.1 Å². The number of benzene rings is 1. The van der Waals surface area contributed by atoms with Gasteiger partial charge in [0, 0.05) is 6.20 Å². The number of aromatic nitrogens is 1. The van der Waals surface area contributed by atoms with Gasteiger partial charge in [-0.2, -0.15) is 0 Å². The molecular weight excluding hydrogens is 332 g/mol. The van der Waals surface area contributed by atoms with E-state index in [0.29, 0.717) is 0 Å². The maximum absolute atomic E-state index is 5.37. The second-order valence-corrected chi connectivity index (χ2v) is 5.31. The average Bonchev–Trinajstić information content (AvgIpc) is 2.53. The van der Waals surface area contributed by atoms with Crippen LogP contribution in [0.3, 0.4) is 0 Å². The Kier molecular flexibility index (Phi) is 5.44. The normalized spacial score (nSPS) is 11.8. The first-order chi connectivity index (χ1) is 10.2. The minimum absolute atomic E-state index is 0.172. The van der Waals surface area contributed by atoms with Gasteiger partial charge in [-0.15, -0.1) is 0 Å². The Labute approximate surface area is 133 Å². The third kappa shape index (κ3) is 3.67. The van der Waals surface area contributed by atoms with E-state index >= 15 is 0 Å². The molecule has 2 rings (SSSR count). The van der Waals surface area contributed by atoms with Crippen LogP contribution in [0, 0.1) is 0 Å². The van der Waals surface area contributed by atoms with Crippen LogP contribution in [-0.4, -0.2) is 19.2 Å². The fourth-order valence-corrected chi connectivity index (χ4v) is 2.54. The fourth-order valence-electron chi connectivity index (χ4n) is 2.17. The third-order valence-corrected chi connectivity index (χ3v) is 3.94. The summed E-state index contributed by atoms with van der Waals surface area (Å²) in [6, 6.07) is 10.1. The summed E-state index contributed by atoms with van der Waals surface area (Å²) in [4.78, 5) is 4.23. The predicted octanol–water partition coefficient (Wildman–Crippen LogP) is 4.42. The summed E-state index contributed by atoms with van der Waals surface area (Å²) in [6.45, 7) is 2.14. The van der Waals surface area contributed by atoms with Gasteiger partial charge in [0.05, 0.1) is 25.9 Å². The third-order valence-electron chi connectivity index (χ3n) is 3.31. The van der Waals surface area contributed by atoms with Gasteiger partial charge >= 0.3 is 0 Å². The van der Waals surface area contributed by atoms with Gasteiger partial charge in [-0.3, -0.25) is 0 Å².